The minimum atomic E-state index is -0.239. The molecule has 1 atom stereocenters. The monoisotopic (exact) mass is 256 g/mol. The van der Waals surface area contributed by atoms with Gasteiger partial charge in [-0.1, -0.05) is 20.8 Å². The van der Waals surface area contributed by atoms with Crippen molar-refractivity contribution in [1.82, 2.24) is 10.2 Å². The van der Waals surface area contributed by atoms with Crippen LogP contribution in [0, 0.1) is 5.41 Å². The Morgan fingerprint density at radius 3 is 2.50 bits per heavy atom. The van der Waals surface area contributed by atoms with Gasteiger partial charge in [-0.05, 0) is 51.1 Å². The zero-order valence-corrected chi connectivity index (χ0v) is 12.7. The normalized spacial score (nSPS) is 22.3. The summed E-state index contributed by atoms with van der Waals surface area (Å²) in [4.78, 5) is 2.35. The Hall–Kier alpha value is -0.120. The summed E-state index contributed by atoms with van der Waals surface area (Å²) < 4.78 is 0. The molecule has 0 amide bonds. The summed E-state index contributed by atoms with van der Waals surface area (Å²) in [5.41, 5.74) is 0.526. The van der Waals surface area contributed by atoms with E-state index in [-0.39, 0.29) is 6.10 Å². The van der Waals surface area contributed by atoms with Crippen molar-refractivity contribution in [3.63, 3.8) is 0 Å². The third-order valence-electron chi connectivity index (χ3n) is 4.24. The molecule has 0 radical (unpaired) electrons. The number of hydrogen-bond donors (Lipinski definition) is 2. The molecule has 1 fully saturated rings. The molecule has 0 aromatic carbocycles. The number of hydrogen-bond acceptors (Lipinski definition) is 3. The van der Waals surface area contributed by atoms with Crippen LogP contribution < -0.4 is 5.32 Å². The van der Waals surface area contributed by atoms with Crippen molar-refractivity contribution in [1.29, 1.82) is 0 Å². The van der Waals surface area contributed by atoms with E-state index in [9.17, 15) is 5.11 Å². The molecule has 1 rings (SSSR count). The highest BCUT2D eigenvalue weighted by molar-refractivity contribution is 4.83. The lowest BCUT2D eigenvalue weighted by atomic mass is 9.75. The van der Waals surface area contributed by atoms with Gasteiger partial charge in [-0.2, -0.15) is 0 Å². The first kappa shape index (κ1) is 15.9. The van der Waals surface area contributed by atoms with Gasteiger partial charge in [-0.25, -0.2) is 0 Å². The second-order valence-electron chi connectivity index (χ2n) is 6.69. The second kappa shape index (κ2) is 7.46. The standard InChI is InChI=1S/C15H32N2O/c1-5-10-16-11-14(18)12-17(4)13-6-8-15(2,3)9-7-13/h13-14,16,18H,5-12H2,1-4H3. The summed E-state index contributed by atoms with van der Waals surface area (Å²) in [7, 11) is 2.16. The third kappa shape index (κ3) is 5.68. The van der Waals surface area contributed by atoms with E-state index in [1.807, 2.05) is 0 Å². The van der Waals surface area contributed by atoms with Crippen LogP contribution in [0.5, 0.6) is 0 Å². The molecular weight excluding hydrogens is 224 g/mol. The largest absolute Gasteiger partial charge is 0.390 e. The fourth-order valence-corrected chi connectivity index (χ4v) is 2.82. The summed E-state index contributed by atoms with van der Waals surface area (Å²) in [6.45, 7) is 9.39. The Labute approximate surface area is 113 Å². The number of nitrogens with one attached hydrogen (secondary N) is 1. The van der Waals surface area contributed by atoms with E-state index >= 15 is 0 Å². The molecule has 1 unspecified atom stereocenters. The lowest BCUT2D eigenvalue weighted by Crippen LogP contribution is -2.43. The molecule has 0 aromatic heterocycles. The van der Waals surface area contributed by atoms with Gasteiger partial charge in [-0.3, -0.25) is 0 Å². The first-order valence-electron chi connectivity index (χ1n) is 7.53. The molecule has 0 spiro atoms. The fourth-order valence-electron chi connectivity index (χ4n) is 2.82. The molecular formula is C15H32N2O. The molecule has 0 heterocycles. The van der Waals surface area contributed by atoms with Crippen molar-refractivity contribution in [3.8, 4) is 0 Å². The highest BCUT2D eigenvalue weighted by atomic mass is 16.3. The number of aliphatic hydroxyl groups excluding tert-OH is 1. The van der Waals surface area contributed by atoms with E-state index in [2.05, 4.69) is 38.0 Å². The first-order valence-corrected chi connectivity index (χ1v) is 7.53. The van der Waals surface area contributed by atoms with Crippen LogP contribution in [0.1, 0.15) is 52.9 Å². The van der Waals surface area contributed by atoms with Crippen molar-refractivity contribution in [2.45, 2.75) is 65.0 Å². The molecule has 18 heavy (non-hydrogen) atoms. The van der Waals surface area contributed by atoms with Crippen molar-refractivity contribution >= 4 is 0 Å². The Kier molecular flexibility index (Phi) is 6.61. The lowest BCUT2D eigenvalue weighted by Gasteiger charge is -2.39. The molecule has 3 nitrogen and oxygen atoms in total. The van der Waals surface area contributed by atoms with Gasteiger partial charge in [0.15, 0.2) is 0 Å². The molecule has 2 N–H and O–H groups in total. The highest BCUT2D eigenvalue weighted by Crippen LogP contribution is 2.36. The van der Waals surface area contributed by atoms with Gasteiger partial charge in [0.25, 0.3) is 0 Å². The van der Waals surface area contributed by atoms with Crippen molar-refractivity contribution < 1.29 is 5.11 Å². The summed E-state index contributed by atoms with van der Waals surface area (Å²) in [6, 6.07) is 0.666. The van der Waals surface area contributed by atoms with Gasteiger partial charge < -0.3 is 15.3 Å². The summed E-state index contributed by atoms with van der Waals surface area (Å²) in [5, 5.41) is 13.3. The van der Waals surface area contributed by atoms with Crippen LogP contribution in [0.15, 0.2) is 0 Å². The van der Waals surface area contributed by atoms with Gasteiger partial charge in [0.1, 0.15) is 0 Å². The van der Waals surface area contributed by atoms with Crippen LogP contribution in [-0.2, 0) is 0 Å². The van der Waals surface area contributed by atoms with E-state index in [1.165, 1.54) is 25.7 Å². The molecule has 3 heteroatoms. The van der Waals surface area contributed by atoms with E-state index in [0.717, 1.165) is 26.1 Å². The maximum absolute atomic E-state index is 9.98. The van der Waals surface area contributed by atoms with Crippen molar-refractivity contribution in [3.05, 3.63) is 0 Å². The fraction of sp³-hybridized carbons (Fsp3) is 1.00. The summed E-state index contributed by atoms with van der Waals surface area (Å²) in [5.74, 6) is 0. The molecule has 0 aliphatic heterocycles. The Bertz CT molecular complexity index is 221. The third-order valence-corrected chi connectivity index (χ3v) is 4.24. The van der Waals surface area contributed by atoms with E-state index < -0.39 is 0 Å². The average Bonchev–Trinajstić information content (AvgIpc) is 2.29. The van der Waals surface area contributed by atoms with Crippen LogP contribution in [0.25, 0.3) is 0 Å². The average molecular weight is 256 g/mol. The van der Waals surface area contributed by atoms with Crippen LogP contribution in [0.4, 0.5) is 0 Å². The van der Waals surface area contributed by atoms with E-state index in [1.54, 1.807) is 0 Å². The minimum absolute atomic E-state index is 0.239. The number of aliphatic hydroxyl groups is 1. The zero-order valence-electron chi connectivity index (χ0n) is 12.7. The van der Waals surface area contributed by atoms with Crippen molar-refractivity contribution in [2.24, 2.45) is 5.41 Å². The maximum atomic E-state index is 9.98. The Morgan fingerprint density at radius 1 is 1.33 bits per heavy atom. The minimum Gasteiger partial charge on any atom is -0.390 e. The highest BCUT2D eigenvalue weighted by Gasteiger charge is 2.29. The Morgan fingerprint density at radius 2 is 1.94 bits per heavy atom. The SMILES string of the molecule is CCCNCC(O)CN(C)C1CCC(C)(C)CC1. The number of likely N-dealkylation sites (N-methyl/N-ethyl adjacent to an activating group) is 1. The first-order chi connectivity index (χ1) is 8.44. The van der Waals surface area contributed by atoms with Crippen LogP contribution in [0.2, 0.25) is 0 Å². The molecule has 0 saturated heterocycles. The van der Waals surface area contributed by atoms with Gasteiger partial charge in [0.2, 0.25) is 0 Å². The van der Waals surface area contributed by atoms with E-state index in [0.29, 0.717) is 11.5 Å². The molecule has 1 saturated carbocycles. The molecule has 1 aliphatic rings. The van der Waals surface area contributed by atoms with Crippen LogP contribution >= 0.6 is 0 Å². The van der Waals surface area contributed by atoms with Gasteiger partial charge in [0, 0.05) is 19.1 Å². The molecule has 1 aliphatic carbocycles. The van der Waals surface area contributed by atoms with E-state index in [4.69, 9.17) is 0 Å². The quantitative estimate of drug-likeness (QED) is 0.686. The number of rotatable bonds is 7. The predicted octanol–water partition coefficient (Wildman–Crippen LogP) is 2.25. The van der Waals surface area contributed by atoms with Gasteiger partial charge >= 0.3 is 0 Å². The van der Waals surface area contributed by atoms with Crippen molar-refractivity contribution in [2.75, 3.05) is 26.7 Å². The molecule has 0 bridgehead atoms. The maximum Gasteiger partial charge on any atom is 0.0791 e. The zero-order chi connectivity index (χ0) is 13.6. The smallest absolute Gasteiger partial charge is 0.0791 e. The second-order valence-corrected chi connectivity index (χ2v) is 6.69. The number of nitrogens with zero attached hydrogens (tertiary/aromatic N) is 1. The van der Waals surface area contributed by atoms with Gasteiger partial charge in [0.05, 0.1) is 6.10 Å². The molecule has 0 aromatic rings. The topological polar surface area (TPSA) is 35.5 Å². The summed E-state index contributed by atoms with van der Waals surface area (Å²) in [6.07, 6.45) is 6.06. The summed E-state index contributed by atoms with van der Waals surface area (Å²) >= 11 is 0. The van der Waals surface area contributed by atoms with Gasteiger partial charge in [-0.15, -0.1) is 0 Å². The van der Waals surface area contributed by atoms with Crippen LogP contribution in [-0.4, -0.2) is 48.8 Å². The molecule has 108 valence electrons. The Balaban J connectivity index is 2.22. The van der Waals surface area contributed by atoms with Crippen LogP contribution in [0.3, 0.4) is 0 Å². The predicted molar refractivity (Wildman–Crippen MR) is 77.8 cm³/mol. The lowest BCUT2D eigenvalue weighted by molar-refractivity contribution is 0.0723.